The summed E-state index contributed by atoms with van der Waals surface area (Å²) in [5.41, 5.74) is 1.66. The van der Waals surface area contributed by atoms with Gasteiger partial charge in [0, 0.05) is 48.5 Å². The van der Waals surface area contributed by atoms with Crippen LogP contribution in [-0.2, 0) is 0 Å². The van der Waals surface area contributed by atoms with Crippen LogP contribution in [0.2, 0.25) is 0 Å². The molecule has 1 aliphatic heterocycles. The molecule has 1 aliphatic rings. The first-order valence-corrected chi connectivity index (χ1v) is 10.2. The molecular weight excluding hydrogens is 389 g/mol. The number of phenolic OH excluding ortho intramolecular Hbond substituents is 1. The van der Waals surface area contributed by atoms with Gasteiger partial charge in [-0.1, -0.05) is 0 Å². The molecule has 2 heterocycles. The number of aromatic hydroxyl groups is 1. The number of anilines is 3. The number of nitrogens with one attached hydrogen (secondary N) is 1. The molecule has 0 bridgehead atoms. The molecule has 0 spiro atoms. The fraction of sp³-hybridized carbons (Fsp3) is 0.238. The molecule has 8 heteroatoms. The topological polar surface area (TPSA) is 64.5 Å². The SMILES string of the molecule is Cc1cc(Nc2ccc(F)cc2)nc(N2CCN(Sc3ccc(O)cc3)CC2)n1. The number of halogens is 1. The lowest BCUT2D eigenvalue weighted by Gasteiger charge is -2.34. The Balaban J connectivity index is 1.39. The molecule has 0 unspecified atom stereocenters. The fourth-order valence-corrected chi connectivity index (χ4v) is 3.98. The molecule has 0 radical (unpaired) electrons. The number of aryl methyl sites for hydroxylation is 1. The number of aromatic nitrogens is 2. The van der Waals surface area contributed by atoms with Crippen LogP contribution in [0.5, 0.6) is 5.75 Å². The van der Waals surface area contributed by atoms with Gasteiger partial charge in [-0.25, -0.2) is 13.7 Å². The first-order valence-electron chi connectivity index (χ1n) is 9.40. The zero-order valence-electron chi connectivity index (χ0n) is 16.0. The predicted octanol–water partition coefficient (Wildman–Crippen LogP) is 4.20. The Morgan fingerprint density at radius 3 is 2.34 bits per heavy atom. The minimum atomic E-state index is -0.266. The van der Waals surface area contributed by atoms with Crippen molar-refractivity contribution in [3.8, 4) is 5.75 Å². The summed E-state index contributed by atoms with van der Waals surface area (Å²) in [5.74, 6) is 1.41. The molecule has 1 saturated heterocycles. The number of phenols is 1. The maximum atomic E-state index is 13.1. The molecule has 0 aliphatic carbocycles. The van der Waals surface area contributed by atoms with E-state index in [1.54, 1.807) is 36.2 Å². The van der Waals surface area contributed by atoms with Crippen molar-refractivity contribution in [2.24, 2.45) is 0 Å². The number of benzene rings is 2. The van der Waals surface area contributed by atoms with Gasteiger partial charge in [0.05, 0.1) is 0 Å². The minimum absolute atomic E-state index is 0.266. The Bertz CT molecular complexity index is 960. The summed E-state index contributed by atoms with van der Waals surface area (Å²) in [7, 11) is 0. The van der Waals surface area contributed by atoms with E-state index in [4.69, 9.17) is 0 Å². The zero-order chi connectivity index (χ0) is 20.2. The molecule has 3 aromatic rings. The highest BCUT2D eigenvalue weighted by atomic mass is 32.2. The van der Waals surface area contributed by atoms with Gasteiger partial charge in [-0.05, 0) is 67.4 Å². The van der Waals surface area contributed by atoms with E-state index in [1.165, 1.54) is 12.1 Å². The number of hydrogen-bond acceptors (Lipinski definition) is 7. The number of hydrogen-bond donors (Lipinski definition) is 2. The average Bonchev–Trinajstić information content (AvgIpc) is 2.72. The van der Waals surface area contributed by atoms with Crippen molar-refractivity contribution < 1.29 is 9.50 Å². The Labute approximate surface area is 173 Å². The third-order valence-corrected chi connectivity index (χ3v) is 5.66. The van der Waals surface area contributed by atoms with Crippen molar-refractivity contribution >= 4 is 29.4 Å². The lowest BCUT2D eigenvalue weighted by atomic mass is 10.3. The molecule has 0 amide bonds. The second-order valence-electron chi connectivity index (χ2n) is 6.83. The highest BCUT2D eigenvalue weighted by Gasteiger charge is 2.20. The molecule has 6 nitrogen and oxygen atoms in total. The summed E-state index contributed by atoms with van der Waals surface area (Å²) in [6.45, 7) is 5.35. The largest absolute Gasteiger partial charge is 0.508 e. The molecule has 0 saturated carbocycles. The summed E-state index contributed by atoms with van der Waals surface area (Å²) in [6, 6.07) is 15.3. The Morgan fingerprint density at radius 2 is 1.66 bits per heavy atom. The van der Waals surface area contributed by atoms with Crippen LogP contribution in [0.4, 0.5) is 21.8 Å². The van der Waals surface area contributed by atoms with Gasteiger partial charge >= 0.3 is 0 Å². The highest BCUT2D eigenvalue weighted by molar-refractivity contribution is 7.97. The first kappa shape index (κ1) is 19.5. The van der Waals surface area contributed by atoms with E-state index < -0.39 is 0 Å². The van der Waals surface area contributed by atoms with Crippen LogP contribution < -0.4 is 10.2 Å². The lowest BCUT2D eigenvalue weighted by molar-refractivity contribution is 0.426. The molecule has 4 rings (SSSR count). The zero-order valence-corrected chi connectivity index (χ0v) is 16.9. The van der Waals surface area contributed by atoms with Gasteiger partial charge in [0.2, 0.25) is 5.95 Å². The van der Waals surface area contributed by atoms with E-state index in [-0.39, 0.29) is 11.6 Å². The highest BCUT2D eigenvalue weighted by Crippen LogP contribution is 2.27. The second kappa shape index (κ2) is 8.67. The van der Waals surface area contributed by atoms with Crippen LogP contribution in [0.3, 0.4) is 0 Å². The van der Waals surface area contributed by atoms with Crippen molar-refractivity contribution in [2.45, 2.75) is 11.8 Å². The normalized spacial score (nSPS) is 14.8. The monoisotopic (exact) mass is 411 g/mol. The van der Waals surface area contributed by atoms with Crippen molar-refractivity contribution in [1.82, 2.24) is 14.3 Å². The van der Waals surface area contributed by atoms with Crippen molar-refractivity contribution in [3.63, 3.8) is 0 Å². The molecule has 0 atom stereocenters. The molecule has 2 aromatic carbocycles. The first-order chi connectivity index (χ1) is 14.0. The Morgan fingerprint density at radius 1 is 0.966 bits per heavy atom. The number of rotatable bonds is 5. The van der Waals surface area contributed by atoms with Crippen LogP contribution in [-0.4, -0.2) is 45.6 Å². The van der Waals surface area contributed by atoms with E-state index in [2.05, 4.69) is 24.5 Å². The molecule has 1 aromatic heterocycles. The second-order valence-corrected chi connectivity index (χ2v) is 8.00. The van der Waals surface area contributed by atoms with Crippen LogP contribution in [0, 0.1) is 12.7 Å². The smallest absolute Gasteiger partial charge is 0.227 e. The lowest BCUT2D eigenvalue weighted by Crippen LogP contribution is -2.44. The van der Waals surface area contributed by atoms with Crippen molar-refractivity contribution in [3.05, 3.63) is 66.1 Å². The van der Waals surface area contributed by atoms with E-state index in [0.717, 1.165) is 42.5 Å². The van der Waals surface area contributed by atoms with Gasteiger partial charge in [0.1, 0.15) is 17.4 Å². The molecule has 1 fully saturated rings. The van der Waals surface area contributed by atoms with Gasteiger partial charge in [-0.15, -0.1) is 0 Å². The third kappa shape index (κ3) is 5.16. The van der Waals surface area contributed by atoms with E-state index in [9.17, 15) is 9.50 Å². The summed E-state index contributed by atoms with van der Waals surface area (Å²) in [5, 5.41) is 12.6. The average molecular weight is 412 g/mol. The van der Waals surface area contributed by atoms with Crippen LogP contribution in [0.25, 0.3) is 0 Å². The minimum Gasteiger partial charge on any atom is -0.508 e. The van der Waals surface area contributed by atoms with Crippen LogP contribution in [0.1, 0.15) is 5.69 Å². The molecule has 150 valence electrons. The Kier molecular flexibility index (Phi) is 5.82. The van der Waals surface area contributed by atoms with Crippen LogP contribution in [0.15, 0.2) is 59.5 Å². The van der Waals surface area contributed by atoms with E-state index in [1.807, 2.05) is 25.1 Å². The van der Waals surface area contributed by atoms with Crippen molar-refractivity contribution in [2.75, 3.05) is 36.4 Å². The summed E-state index contributed by atoms with van der Waals surface area (Å²) in [6.07, 6.45) is 0. The molecular formula is C21H22FN5OS. The summed E-state index contributed by atoms with van der Waals surface area (Å²) < 4.78 is 15.4. The third-order valence-electron chi connectivity index (χ3n) is 4.55. The quantitative estimate of drug-likeness (QED) is 0.610. The van der Waals surface area contributed by atoms with Gasteiger partial charge in [0.25, 0.3) is 0 Å². The number of nitrogens with zero attached hydrogens (tertiary/aromatic N) is 4. The maximum absolute atomic E-state index is 13.1. The summed E-state index contributed by atoms with van der Waals surface area (Å²) in [4.78, 5) is 12.5. The molecule has 29 heavy (non-hydrogen) atoms. The number of piperazine rings is 1. The van der Waals surface area contributed by atoms with Gasteiger partial charge in [-0.3, -0.25) is 0 Å². The van der Waals surface area contributed by atoms with E-state index in [0.29, 0.717) is 11.8 Å². The summed E-state index contributed by atoms with van der Waals surface area (Å²) >= 11 is 1.69. The Hall–Kier alpha value is -2.84. The van der Waals surface area contributed by atoms with Crippen molar-refractivity contribution in [1.29, 1.82) is 0 Å². The van der Waals surface area contributed by atoms with E-state index >= 15 is 0 Å². The predicted molar refractivity (Wildman–Crippen MR) is 114 cm³/mol. The van der Waals surface area contributed by atoms with Gasteiger partial charge in [-0.2, -0.15) is 4.98 Å². The fourth-order valence-electron chi connectivity index (χ4n) is 3.07. The van der Waals surface area contributed by atoms with Gasteiger partial charge < -0.3 is 15.3 Å². The maximum Gasteiger partial charge on any atom is 0.227 e. The van der Waals surface area contributed by atoms with Crippen LogP contribution >= 0.6 is 11.9 Å². The standard InChI is InChI=1S/C21H22FN5OS/c1-15-14-20(24-17-4-2-16(22)3-5-17)25-21(23-15)26-10-12-27(13-11-26)29-19-8-6-18(28)7-9-19/h2-9,14,28H,10-13H2,1H3,(H,23,24,25). The van der Waals surface area contributed by atoms with Gasteiger partial charge in [0.15, 0.2) is 0 Å². The molecule has 2 N–H and O–H groups in total.